The second-order valence-corrected chi connectivity index (χ2v) is 11.6. The number of halogens is 2. The smallest absolute Gasteiger partial charge is 0.306 e. The molecule has 2 aromatic rings. The van der Waals surface area contributed by atoms with Gasteiger partial charge in [0, 0.05) is 30.0 Å². The van der Waals surface area contributed by atoms with Crippen LogP contribution in [0.5, 0.6) is 0 Å². The van der Waals surface area contributed by atoms with Crippen molar-refractivity contribution < 1.29 is 18.3 Å². The van der Waals surface area contributed by atoms with Crippen LogP contribution in [0.3, 0.4) is 0 Å². The fourth-order valence-electron chi connectivity index (χ4n) is 4.41. The van der Waals surface area contributed by atoms with E-state index in [9.17, 15) is 13.6 Å². The number of hydrogen-bond donors (Lipinski definition) is 0. The monoisotopic (exact) mass is 510 g/mol. The maximum Gasteiger partial charge on any atom is 0.306 e. The van der Waals surface area contributed by atoms with Crippen LogP contribution in [0, 0.1) is 11.3 Å². The van der Waals surface area contributed by atoms with Gasteiger partial charge in [-0.2, -0.15) is 0 Å². The van der Waals surface area contributed by atoms with Crippen molar-refractivity contribution in [2.45, 2.75) is 90.8 Å². The van der Waals surface area contributed by atoms with Crippen LogP contribution in [-0.4, -0.2) is 51.9 Å². The van der Waals surface area contributed by atoms with Gasteiger partial charge in [0.15, 0.2) is 5.16 Å². The van der Waals surface area contributed by atoms with Crippen molar-refractivity contribution in [1.29, 1.82) is 0 Å². The Bertz CT molecular complexity index is 993. The highest BCUT2D eigenvalue weighted by molar-refractivity contribution is 7.99. The summed E-state index contributed by atoms with van der Waals surface area (Å²) in [6.07, 6.45) is 8.34. The molecule has 9 heteroatoms. The average molecular weight is 511 g/mol. The molecule has 0 bridgehead atoms. The van der Waals surface area contributed by atoms with E-state index in [1.165, 1.54) is 11.8 Å². The molecule has 0 aromatic carbocycles. The molecule has 35 heavy (non-hydrogen) atoms. The lowest BCUT2D eigenvalue weighted by molar-refractivity contribution is -0.144. The molecule has 2 aromatic heterocycles. The van der Waals surface area contributed by atoms with Crippen molar-refractivity contribution in [3.63, 3.8) is 0 Å². The summed E-state index contributed by atoms with van der Waals surface area (Å²) in [5, 5.41) is 0.535. The molecule has 0 spiro atoms. The molecule has 1 aliphatic rings. The van der Waals surface area contributed by atoms with Crippen LogP contribution < -0.4 is 4.90 Å². The van der Waals surface area contributed by atoms with E-state index >= 15 is 0 Å². The van der Waals surface area contributed by atoms with Gasteiger partial charge in [-0.1, -0.05) is 58.7 Å². The number of esters is 1. The normalized spacial score (nSPS) is 17.9. The van der Waals surface area contributed by atoms with Gasteiger partial charge in [0.25, 0.3) is 5.92 Å². The van der Waals surface area contributed by atoms with E-state index in [1.807, 2.05) is 24.6 Å². The van der Waals surface area contributed by atoms with Gasteiger partial charge in [0.2, 0.25) is 0 Å². The van der Waals surface area contributed by atoms with Crippen LogP contribution in [0.25, 0.3) is 11.0 Å². The van der Waals surface area contributed by atoms with Crippen molar-refractivity contribution >= 4 is 34.5 Å². The molecule has 3 rings (SSSR count). The zero-order valence-electron chi connectivity index (χ0n) is 21.9. The Balaban J connectivity index is 1.68. The van der Waals surface area contributed by atoms with E-state index in [1.54, 1.807) is 24.9 Å². The number of alkyl halides is 2. The molecule has 1 unspecified atom stereocenters. The Labute approximate surface area is 212 Å². The minimum atomic E-state index is -2.78. The predicted octanol–water partition coefficient (Wildman–Crippen LogP) is 6.74. The lowest BCUT2D eigenvalue weighted by Gasteiger charge is -2.23. The summed E-state index contributed by atoms with van der Waals surface area (Å²) in [6, 6.07) is 0.142. The summed E-state index contributed by atoms with van der Waals surface area (Å²) in [5.74, 6) is -2.06. The quantitative estimate of drug-likeness (QED) is 0.179. The van der Waals surface area contributed by atoms with Gasteiger partial charge >= 0.3 is 5.97 Å². The molecular formula is C26H40F2N4O2S. The van der Waals surface area contributed by atoms with Gasteiger partial charge in [-0.25, -0.2) is 18.7 Å². The SMILES string of the molecule is CCCCC(CC)COC(=O)CCSc1ncc2c(n1)c(N1CC(C)(C)C(F)(F)C1)cn2C(C)C. The third-order valence-electron chi connectivity index (χ3n) is 6.95. The first-order valence-corrected chi connectivity index (χ1v) is 13.8. The number of nitrogens with zero attached hydrogens (tertiary/aromatic N) is 4. The maximum absolute atomic E-state index is 14.6. The van der Waals surface area contributed by atoms with Crippen LogP contribution in [0.4, 0.5) is 14.5 Å². The highest BCUT2D eigenvalue weighted by Gasteiger charge is 2.54. The van der Waals surface area contributed by atoms with Crippen LogP contribution in [0.15, 0.2) is 17.6 Å². The number of rotatable bonds is 12. The maximum atomic E-state index is 14.6. The Morgan fingerprint density at radius 2 is 2.00 bits per heavy atom. The summed E-state index contributed by atoms with van der Waals surface area (Å²) in [4.78, 5) is 23.2. The van der Waals surface area contributed by atoms with Crippen molar-refractivity contribution in [3.8, 4) is 0 Å². The van der Waals surface area contributed by atoms with E-state index in [-0.39, 0.29) is 31.5 Å². The summed E-state index contributed by atoms with van der Waals surface area (Å²) >= 11 is 1.39. The molecule has 1 fully saturated rings. The minimum absolute atomic E-state index is 0.142. The fourth-order valence-corrected chi connectivity index (χ4v) is 5.14. The molecule has 1 saturated heterocycles. The lowest BCUT2D eigenvalue weighted by atomic mass is 9.89. The molecule has 0 amide bonds. The van der Waals surface area contributed by atoms with E-state index in [0.29, 0.717) is 34.6 Å². The summed E-state index contributed by atoms with van der Waals surface area (Å²) < 4.78 is 36.7. The zero-order chi connectivity index (χ0) is 25.8. The highest BCUT2D eigenvalue weighted by Crippen LogP contribution is 2.46. The molecule has 0 N–H and O–H groups in total. The number of hydrogen-bond acceptors (Lipinski definition) is 6. The van der Waals surface area contributed by atoms with Crippen LogP contribution in [0.1, 0.15) is 79.7 Å². The van der Waals surface area contributed by atoms with Crippen molar-refractivity contribution in [2.24, 2.45) is 11.3 Å². The Hall–Kier alpha value is -1.90. The molecule has 6 nitrogen and oxygen atoms in total. The second-order valence-electron chi connectivity index (χ2n) is 10.5. The number of thioether (sulfide) groups is 1. The van der Waals surface area contributed by atoms with Gasteiger partial charge in [0.1, 0.15) is 5.52 Å². The van der Waals surface area contributed by atoms with Crippen molar-refractivity contribution in [1.82, 2.24) is 14.5 Å². The van der Waals surface area contributed by atoms with Crippen LogP contribution >= 0.6 is 11.8 Å². The molecular weight excluding hydrogens is 470 g/mol. The summed E-state index contributed by atoms with van der Waals surface area (Å²) in [5.41, 5.74) is 1.09. The van der Waals surface area contributed by atoms with Crippen LogP contribution in [0.2, 0.25) is 0 Å². The third kappa shape index (κ3) is 6.46. The first-order valence-electron chi connectivity index (χ1n) is 12.8. The van der Waals surface area contributed by atoms with Gasteiger partial charge in [-0.3, -0.25) is 4.79 Å². The molecule has 0 saturated carbocycles. The number of unbranched alkanes of at least 4 members (excludes halogenated alkanes) is 1. The second kappa shape index (κ2) is 11.4. The topological polar surface area (TPSA) is 60.2 Å². The molecule has 0 aliphatic carbocycles. The Morgan fingerprint density at radius 3 is 2.60 bits per heavy atom. The number of aromatic nitrogens is 3. The minimum Gasteiger partial charge on any atom is -0.465 e. The average Bonchev–Trinajstić information content (AvgIpc) is 3.27. The third-order valence-corrected chi connectivity index (χ3v) is 7.82. The first-order chi connectivity index (χ1) is 16.5. The number of carbonyl (C=O) groups excluding carboxylic acids is 1. The fraction of sp³-hybridized carbons (Fsp3) is 0.731. The Morgan fingerprint density at radius 1 is 1.26 bits per heavy atom. The highest BCUT2D eigenvalue weighted by atomic mass is 32.2. The number of anilines is 1. The largest absolute Gasteiger partial charge is 0.465 e. The van der Waals surface area contributed by atoms with E-state index in [0.717, 1.165) is 31.2 Å². The number of carbonyl (C=O) groups is 1. The van der Waals surface area contributed by atoms with Crippen LogP contribution in [-0.2, 0) is 9.53 Å². The summed E-state index contributed by atoms with van der Waals surface area (Å²) in [7, 11) is 0. The Kier molecular flexibility index (Phi) is 9.05. The van der Waals surface area contributed by atoms with E-state index in [2.05, 4.69) is 18.8 Å². The zero-order valence-corrected chi connectivity index (χ0v) is 22.8. The van der Waals surface area contributed by atoms with Crippen molar-refractivity contribution in [3.05, 3.63) is 12.4 Å². The lowest BCUT2D eigenvalue weighted by Crippen LogP contribution is -2.34. The molecule has 196 valence electrons. The first kappa shape index (κ1) is 27.7. The van der Waals surface area contributed by atoms with Gasteiger partial charge in [0.05, 0.1) is 37.0 Å². The van der Waals surface area contributed by atoms with E-state index in [4.69, 9.17) is 9.72 Å². The molecule has 1 atom stereocenters. The number of fused-ring (bicyclic) bond motifs is 1. The molecule has 3 heterocycles. The van der Waals surface area contributed by atoms with Crippen molar-refractivity contribution in [2.75, 3.05) is 30.3 Å². The van der Waals surface area contributed by atoms with Gasteiger partial charge in [-0.15, -0.1) is 0 Å². The summed E-state index contributed by atoms with van der Waals surface area (Å²) in [6.45, 7) is 12.0. The van der Waals surface area contributed by atoms with Gasteiger partial charge in [-0.05, 0) is 26.2 Å². The molecule has 1 aliphatic heterocycles. The van der Waals surface area contributed by atoms with Gasteiger partial charge < -0.3 is 14.2 Å². The molecule has 0 radical (unpaired) electrons. The number of ether oxygens (including phenoxy) is 1. The van der Waals surface area contributed by atoms with E-state index < -0.39 is 11.3 Å². The predicted molar refractivity (Wildman–Crippen MR) is 138 cm³/mol. The standard InChI is InChI=1S/C26H40F2N4O2S/c1-7-9-10-19(8-2)15-34-22(33)11-12-35-24-29-13-20-23(30-24)21(14-32(20)18(3)4)31-16-25(5,6)26(27,28)17-31/h13-14,18-19H,7-12,15-17H2,1-6H3.